The molecule has 2 aliphatic heterocycles. The highest BCUT2D eigenvalue weighted by atomic mass is 16.6. The van der Waals surface area contributed by atoms with E-state index in [2.05, 4.69) is 26.7 Å². The summed E-state index contributed by atoms with van der Waals surface area (Å²) in [5, 5.41) is 6.44. The molecule has 38 heavy (non-hydrogen) atoms. The first-order valence-electron chi connectivity index (χ1n) is 13.3. The number of nitrogens with two attached hydrogens (primary N) is 2. The van der Waals surface area contributed by atoms with Crippen LogP contribution in [0.25, 0.3) is 0 Å². The molecule has 3 heterocycles. The third-order valence-electron chi connectivity index (χ3n) is 7.94. The maximum Gasteiger partial charge on any atom is 0.404 e. The van der Waals surface area contributed by atoms with Gasteiger partial charge in [0.05, 0.1) is 12.0 Å². The number of amides is 3. The molecule has 6 N–H and O–H groups in total. The van der Waals surface area contributed by atoms with Crippen molar-refractivity contribution in [2.24, 2.45) is 11.5 Å². The Hall–Kier alpha value is -3.89. The lowest BCUT2D eigenvalue weighted by atomic mass is 9.79. The van der Waals surface area contributed by atoms with Gasteiger partial charge < -0.3 is 31.7 Å². The average Bonchev–Trinajstić information content (AvgIpc) is 3.12. The second kappa shape index (κ2) is 10.1. The summed E-state index contributed by atoms with van der Waals surface area (Å²) in [6.45, 7) is 4.90. The second-order valence-electron chi connectivity index (χ2n) is 11.0. The number of hydrogen-bond donors (Lipinski definition) is 4. The highest BCUT2D eigenvalue weighted by molar-refractivity contribution is 6.07. The van der Waals surface area contributed by atoms with E-state index in [4.69, 9.17) is 16.2 Å². The Morgan fingerprint density at radius 2 is 1.89 bits per heavy atom. The quantitative estimate of drug-likeness (QED) is 0.447. The third-order valence-corrected chi connectivity index (χ3v) is 7.94. The van der Waals surface area contributed by atoms with Gasteiger partial charge in [0, 0.05) is 24.1 Å². The molecule has 2 fully saturated rings. The van der Waals surface area contributed by atoms with Gasteiger partial charge >= 0.3 is 6.09 Å². The van der Waals surface area contributed by atoms with Crippen molar-refractivity contribution in [3.05, 3.63) is 35.0 Å². The first-order valence-corrected chi connectivity index (χ1v) is 13.3. The number of anilines is 4. The Morgan fingerprint density at radius 3 is 2.61 bits per heavy atom. The maximum atomic E-state index is 12.9. The van der Waals surface area contributed by atoms with E-state index in [9.17, 15) is 14.4 Å². The van der Waals surface area contributed by atoms with Gasteiger partial charge in [-0.3, -0.25) is 9.59 Å². The van der Waals surface area contributed by atoms with Gasteiger partial charge in [-0.2, -0.15) is 4.98 Å². The van der Waals surface area contributed by atoms with Crippen LogP contribution >= 0.6 is 0 Å². The molecule has 3 aliphatic rings. The van der Waals surface area contributed by atoms with Crippen LogP contribution in [0, 0.1) is 0 Å². The van der Waals surface area contributed by atoms with Crippen LogP contribution in [-0.4, -0.2) is 47.1 Å². The molecule has 1 aromatic heterocycles. The van der Waals surface area contributed by atoms with E-state index in [-0.39, 0.29) is 23.4 Å². The maximum absolute atomic E-state index is 12.9. The molecule has 0 bridgehead atoms. The Bertz CT molecular complexity index is 1270. The van der Waals surface area contributed by atoms with Crippen LogP contribution in [0.4, 0.5) is 27.9 Å². The Labute approximate surface area is 221 Å². The molecule has 202 valence electrons. The Morgan fingerprint density at radius 1 is 1.13 bits per heavy atom. The van der Waals surface area contributed by atoms with Crippen molar-refractivity contribution in [2.75, 3.05) is 28.6 Å². The summed E-state index contributed by atoms with van der Waals surface area (Å²) < 4.78 is 5.19. The molecule has 1 aliphatic carbocycles. The van der Waals surface area contributed by atoms with Gasteiger partial charge in [-0.15, -0.1) is 0 Å². The van der Waals surface area contributed by atoms with Crippen molar-refractivity contribution in [1.82, 2.24) is 9.97 Å². The zero-order chi connectivity index (χ0) is 27.0. The number of aromatic nitrogens is 2. The fraction of sp³-hybridized carbons (Fsp3) is 0.519. The molecule has 1 saturated carbocycles. The number of carbonyl (C=O) groups is 3. The minimum absolute atomic E-state index is 0.0262. The largest absolute Gasteiger partial charge is 0.445 e. The van der Waals surface area contributed by atoms with E-state index < -0.39 is 17.4 Å². The zero-order valence-corrected chi connectivity index (χ0v) is 21.9. The normalized spacial score (nSPS) is 20.9. The van der Waals surface area contributed by atoms with Crippen LogP contribution in [0.15, 0.2) is 18.3 Å². The number of fused-ring (bicyclic) bond motifs is 1. The molecule has 0 unspecified atom stereocenters. The summed E-state index contributed by atoms with van der Waals surface area (Å²) >= 11 is 0. The average molecular weight is 522 g/mol. The van der Waals surface area contributed by atoms with Gasteiger partial charge in [0.25, 0.3) is 5.91 Å². The smallest absolute Gasteiger partial charge is 0.404 e. The highest BCUT2D eigenvalue weighted by Gasteiger charge is 2.41. The van der Waals surface area contributed by atoms with Crippen LogP contribution in [0.1, 0.15) is 86.2 Å². The molecule has 1 saturated heterocycles. The lowest BCUT2D eigenvalue weighted by molar-refractivity contribution is -0.119. The summed E-state index contributed by atoms with van der Waals surface area (Å²) in [5.74, 6) is 0.340. The number of primary amides is 2. The lowest BCUT2D eigenvalue weighted by Gasteiger charge is -2.32. The van der Waals surface area contributed by atoms with E-state index in [1.165, 1.54) is 12.6 Å². The molecule has 0 spiro atoms. The molecule has 3 amide bonds. The van der Waals surface area contributed by atoms with Crippen LogP contribution in [0.3, 0.4) is 0 Å². The molecule has 11 heteroatoms. The van der Waals surface area contributed by atoms with Gasteiger partial charge in [0.15, 0.2) is 0 Å². The number of carbonyl (C=O) groups excluding carboxylic acids is 3. The number of piperidine rings is 1. The fourth-order valence-electron chi connectivity index (χ4n) is 5.81. The Kier molecular flexibility index (Phi) is 6.85. The molecule has 1 aromatic carbocycles. The first kappa shape index (κ1) is 25.7. The van der Waals surface area contributed by atoms with Crippen molar-refractivity contribution < 1.29 is 19.1 Å². The van der Waals surface area contributed by atoms with E-state index in [1.54, 1.807) is 0 Å². The second-order valence-corrected chi connectivity index (χ2v) is 11.0. The SMILES string of the molecule is CC1(C)C(=O)Nc2c(C3CCCCC3)cc(Nc3nc(N4CCC[C@H](OC(N)=O)C4)ncc3C(N)=O)cc21. The van der Waals surface area contributed by atoms with Gasteiger partial charge in [-0.1, -0.05) is 19.3 Å². The summed E-state index contributed by atoms with van der Waals surface area (Å²) in [6, 6.07) is 4.00. The number of ether oxygens (including phenoxy) is 1. The number of rotatable bonds is 6. The van der Waals surface area contributed by atoms with Crippen molar-refractivity contribution in [3.63, 3.8) is 0 Å². The number of benzene rings is 1. The topological polar surface area (TPSA) is 166 Å². The van der Waals surface area contributed by atoms with Crippen molar-refractivity contribution in [2.45, 2.75) is 76.2 Å². The van der Waals surface area contributed by atoms with Crippen LogP contribution in [-0.2, 0) is 14.9 Å². The minimum Gasteiger partial charge on any atom is -0.445 e. The fourth-order valence-corrected chi connectivity index (χ4v) is 5.81. The predicted octanol–water partition coefficient (Wildman–Crippen LogP) is 3.66. The van der Waals surface area contributed by atoms with Crippen molar-refractivity contribution >= 4 is 41.0 Å². The molecule has 5 rings (SSSR count). The van der Waals surface area contributed by atoms with Crippen LogP contribution in [0.5, 0.6) is 0 Å². The monoisotopic (exact) mass is 521 g/mol. The van der Waals surface area contributed by atoms with E-state index >= 15 is 0 Å². The summed E-state index contributed by atoms with van der Waals surface area (Å²) in [5.41, 5.74) is 14.0. The Balaban J connectivity index is 1.51. The van der Waals surface area contributed by atoms with E-state index in [0.717, 1.165) is 54.6 Å². The summed E-state index contributed by atoms with van der Waals surface area (Å²) in [4.78, 5) is 47.3. The zero-order valence-electron chi connectivity index (χ0n) is 21.9. The number of nitrogens with one attached hydrogen (secondary N) is 2. The lowest BCUT2D eigenvalue weighted by Crippen LogP contribution is -2.42. The number of hydrogen-bond acceptors (Lipinski definition) is 8. The summed E-state index contributed by atoms with van der Waals surface area (Å²) in [6.07, 6.45) is 7.39. The van der Waals surface area contributed by atoms with Gasteiger partial charge in [0.2, 0.25) is 11.9 Å². The highest BCUT2D eigenvalue weighted by Crippen LogP contribution is 2.47. The van der Waals surface area contributed by atoms with E-state index in [0.29, 0.717) is 31.4 Å². The van der Waals surface area contributed by atoms with Gasteiger partial charge in [-0.25, -0.2) is 9.78 Å². The first-order chi connectivity index (χ1) is 18.1. The summed E-state index contributed by atoms with van der Waals surface area (Å²) in [7, 11) is 0. The molecular formula is C27H35N7O4. The third kappa shape index (κ3) is 4.97. The van der Waals surface area contributed by atoms with E-state index in [1.807, 2.05) is 24.8 Å². The van der Waals surface area contributed by atoms with Crippen molar-refractivity contribution in [1.29, 1.82) is 0 Å². The predicted molar refractivity (Wildman–Crippen MR) is 144 cm³/mol. The molecule has 1 atom stereocenters. The van der Waals surface area contributed by atoms with Gasteiger partial charge in [0.1, 0.15) is 17.5 Å². The van der Waals surface area contributed by atoms with Gasteiger partial charge in [-0.05, 0) is 68.7 Å². The van der Waals surface area contributed by atoms with Crippen molar-refractivity contribution in [3.8, 4) is 0 Å². The van der Waals surface area contributed by atoms with Crippen LogP contribution < -0.4 is 27.0 Å². The molecule has 2 aromatic rings. The minimum atomic E-state index is -0.814. The van der Waals surface area contributed by atoms with Crippen LogP contribution in [0.2, 0.25) is 0 Å². The molecular weight excluding hydrogens is 486 g/mol. The number of nitrogens with zero attached hydrogens (tertiary/aromatic N) is 3. The standard InChI is InChI=1S/C27H35N7O4/c1-27(2)20-12-16(11-18(21(20)32-24(27)36)15-7-4-3-5-8-15)31-23-19(22(28)35)13-30-26(33-23)34-10-6-9-17(14-34)38-25(29)37/h11-13,15,17H,3-10,14H2,1-2H3,(H2,28,35)(H2,29,37)(H,32,36)(H,30,31,33)/t17-/m0/s1. The molecule has 11 nitrogen and oxygen atoms in total. The molecule has 0 radical (unpaired) electrons.